The number of hydrogen-bond donors (Lipinski definition) is 3. The van der Waals surface area contributed by atoms with Crippen molar-refractivity contribution in [3.8, 4) is 6.26 Å². The molecule has 0 bridgehead atoms. The van der Waals surface area contributed by atoms with E-state index in [-0.39, 0.29) is 49.9 Å². The monoisotopic (exact) mass is 1330 g/mol. The van der Waals surface area contributed by atoms with E-state index in [0.717, 1.165) is 19.4 Å². The molecule has 0 aromatic carbocycles. The Morgan fingerprint density at radius 2 is 1.35 bits per heavy atom. The van der Waals surface area contributed by atoms with Crippen LogP contribution >= 0.6 is 89.6 Å². The van der Waals surface area contributed by atoms with Gasteiger partial charge in [-0.2, -0.15) is 5.26 Å². The summed E-state index contributed by atoms with van der Waals surface area (Å²) in [5.74, 6) is 0. The van der Waals surface area contributed by atoms with E-state index < -0.39 is 40.3 Å². The largest absolute Gasteiger partial charge is 0.756 e. The quantitative estimate of drug-likeness (QED) is 0.0506. The Morgan fingerprint density at radius 1 is 0.912 bits per heavy atom. The average Bonchev–Trinajstić information content (AvgIpc) is 3.95. The highest BCUT2D eigenvalue weighted by Gasteiger charge is 2.42. The summed E-state index contributed by atoms with van der Waals surface area (Å²) in [5.41, 5.74) is -0.193. The number of carbonyl (C=O) groups excluding carboxylic acids is 1. The summed E-state index contributed by atoms with van der Waals surface area (Å²) in [6.45, 7) is 15.6. The van der Waals surface area contributed by atoms with Gasteiger partial charge in [-0.15, -0.1) is 0 Å². The molecule has 3 aliphatic heterocycles. The van der Waals surface area contributed by atoms with Crippen molar-refractivity contribution in [1.82, 2.24) is 10.2 Å². The molecule has 68 heavy (non-hydrogen) atoms. The van der Waals surface area contributed by atoms with Crippen molar-refractivity contribution in [1.29, 1.82) is 6.54 Å². The van der Waals surface area contributed by atoms with Crippen molar-refractivity contribution in [2.45, 2.75) is 73.8 Å². The average molecular weight is 1330 g/mol. The van der Waals surface area contributed by atoms with Gasteiger partial charge in [0, 0.05) is 39.7 Å². The SMILES string of the molecule is CCO.CCOP(=O)([O-])OCC[N+](C)(C)CCOC(=O)NC1CC(C)(C)CC(C)(COC#N)C1.CCOP1(=O)OCCO1.CCOP1(=O)OCCO1.CN(C)CCO.O=P1(Cl)OCCO1.[2H]P(I)I. The molecule has 3 atom stereocenters. The molecule has 4 fully saturated rings. The number of amides is 1. The van der Waals surface area contributed by atoms with Gasteiger partial charge in [-0.05, 0) is 111 Å². The molecule has 0 spiro atoms. The first kappa shape index (κ1) is 71.1. The molecule has 4 rings (SSSR count). The summed E-state index contributed by atoms with van der Waals surface area (Å²) in [4.78, 5) is 25.7. The summed E-state index contributed by atoms with van der Waals surface area (Å²) < 4.78 is 107. The number of nitriles is 1. The molecule has 0 radical (unpaired) electrons. The van der Waals surface area contributed by atoms with Crippen LogP contribution in [0.3, 0.4) is 0 Å². The molecule has 1 aliphatic carbocycles. The summed E-state index contributed by atoms with van der Waals surface area (Å²) >= 11 is 9.20. The van der Waals surface area contributed by atoms with Crippen LogP contribution in [0.1, 0.15) is 67.7 Å². The van der Waals surface area contributed by atoms with Crippen LogP contribution in [0.15, 0.2) is 0 Å². The lowest BCUT2D eigenvalue weighted by Crippen LogP contribution is -2.49. The molecule has 0 aromatic rings. The van der Waals surface area contributed by atoms with Gasteiger partial charge in [0.15, 0.2) is 0 Å². The lowest BCUT2D eigenvalue weighted by molar-refractivity contribution is -0.890. The highest BCUT2D eigenvalue weighted by Crippen LogP contribution is 2.56. The molecule has 4 aliphatic rings. The molecule has 1 saturated carbocycles. The zero-order valence-electron chi connectivity index (χ0n) is 42.2. The minimum atomic E-state index is -4.25. The van der Waals surface area contributed by atoms with Crippen LogP contribution in [0.5, 0.6) is 0 Å². The molecule has 1 amide bonds. The number of hydrogen-bond acceptors (Lipinski definition) is 22. The number of carbonyl (C=O) groups is 1. The number of ether oxygens (including phenoxy) is 2. The fourth-order valence-corrected chi connectivity index (χ4v) is 10.1. The molecule has 0 aromatic heterocycles. The number of alkyl carbamates (subject to hydrolysis) is 1. The number of aliphatic hydroxyl groups is 2. The molecule has 3 N–H and O–H groups in total. The first-order valence-electron chi connectivity index (χ1n) is 21.8. The van der Waals surface area contributed by atoms with Gasteiger partial charge in [-0.25, -0.2) is 18.5 Å². The fourth-order valence-electron chi connectivity index (χ4n) is 6.02. The molecule has 3 saturated heterocycles. The summed E-state index contributed by atoms with van der Waals surface area (Å²) in [6, 6.07) is -0.0655. The van der Waals surface area contributed by atoms with E-state index in [0.29, 0.717) is 83.5 Å². The topological polar surface area (TPSA) is 299 Å². The molecule has 24 nitrogen and oxygen atoms in total. The molecular weight excluding hydrogens is 1250 g/mol. The van der Waals surface area contributed by atoms with Crippen LogP contribution < -0.4 is 10.2 Å². The van der Waals surface area contributed by atoms with E-state index in [9.17, 15) is 27.9 Å². The number of nitrogens with zero attached hydrogens (tertiary/aromatic N) is 3. The highest BCUT2D eigenvalue weighted by molar-refractivity contribution is 14.3. The fraction of sp³-hybridized carbons (Fsp3) is 0.944. The number of nitrogens with one attached hydrogen (secondary N) is 1. The molecular formula is C36H78ClI2N4O20P5. The summed E-state index contributed by atoms with van der Waals surface area (Å²) in [7, 11) is -2.75. The number of halogens is 3. The molecule has 3 heterocycles. The smallest absolute Gasteiger partial charge is 0.474 e. The Balaban J connectivity index is -0.000000914. The van der Waals surface area contributed by atoms with Gasteiger partial charge in [-0.1, -0.05) is 20.8 Å². The Hall–Kier alpha value is 1.06. The Morgan fingerprint density at radius 3 is 1.71 bits per heavy atom. The minimum Gasteiger partial charge on any atom is -0.756 e. The van der Waals surface area contributed by atoms with E-state index in [4.69, 9.17) is 69.1 Å². The number of rotatable bonds is 18. The van der Waals surface area contributed by atoms with E-state index >= 15 is 0 Å². The van der Waals surface area contributed by atoms with E-state index in [1.54, 1.807) is 34.0 Å². The minimum absolute atomic E-state index is 0.00509. The van der Waals surface area contributed by atoms with Crippen molar-refractivity contribution in [3.05, 3.63) is 0 Å². The maximum absolute atomic E-state index is 12.3. The lowest BCUT2D eigenvalue weighted by atomic mass is 9.63. The van der Waals surface area contributed by atoms with Gasteiger partial charge in [0.25, 0.3) is 14.1 Å². The highest BCUT2D eigenvalue weighted by atomic mass is 127. The number of phosphoric ester groups is 3. The van der Waals surface area contributed by atoms with Crippen molar-refractivity contribution < 1.29 is 97.4 Å². The van der Waals surface area contributed by atoms with Crippen molar-refractivity contribution >= 4 is 95.6 Å². The molecule has 408 valence electrons. The third-order valence-corrected chi connectivity index (χ3v) is 14.1. The third-order valence-electron chi connectivity index (χ3n) is 8.27. The predicted octanol–water partition coefficient (Wildman–Crippen LogP) is 8.03. The second kappa shape index (κ2) is 40.4. The Kier molecular flexibility index (Phi) is 42.2. The zero-order valence-corrected chi connectivity index (χ0v) is 50.7. The van der Waals surface area contributed by atoms with Gasteiger partial charge in [0.05, 0.1) is 81.4 Å². The first-order chi connectivity index (χ1) is 31.9. The number of aliphatic hydroxyl groups excluding tert-OH is 2. The van der Waals surface area contributed by atoms with Crippen LogP contribution in [0, 0.1) is 22.3 Å². The second-order valence-corrected chi connectivity index (χ2v) is 32.0. The number of phosphoric acid groups is 3. The first-order valence-corrected chi connectivity index (χ1v) is 34.7. The van der Waals surface area contributed by atoms with Crippen LogP contribution in [-0.2, 0) is 73.0 Å². The zero-order chi connectivity index (χ0) is 53.9. The standard InChI is InChI=1S/C20H38N3O7P.C4H11NO.2C4H9O4P.C2H4ClO3P.C2H6O.HI2P/c1-7-29-31(25,26)30-11-9-23(5,6)8-10-28-18(24)22-17-12-19(2,3)14-20(4,13-17)15-27-16-21;1-5(2)3-4-6;2*1-2-6-9(5)7-3-4-8-9;3-7(4)5-1-2-6-7;1-2-3;1-3-2/h17H,7-15H2,1-6H3,(H-,22,24,25,26);6H,3-4H2,1-2H3;2*2-4H2,1H3;1-2H2;3H,2H2,1H3;3H/i;;;;;;3D. The number of quaternary nitrogens is 1. The van der Waals surface area contributed by atoms with E-state index in [1.165, 1.54) is 0 Å². The van der Waals surface area contributed by atoms with Crippen LogP contribution in [0.4, 0.5) is 4.79 Å². The Bertz CT molecular complexity index is 1540. The van der Waals surface area contributed by atoms with Crippen molar-refractivity contribution in [2.24, 2.45) is 10.8 Å². The van der Waals surface area contributed by atoms with Crippen LogP contribution in [0.25, 0.3) is 0 Å². The summed E-state index contributed by atoms with van der Waals surface area (Å²) in [6.07, 6.45) is 3.68. The van der Waals surface area contributed by atoms with Crippen molar-refractivity contribution in [3.63, 3.8) is 0 Å². The Labute approximate surface area is 438 Å². The third kappa shape index (κ3) is 42.4. The summed E-state index contributed by atoms with van der Waals surface area (Å²) in [5, 5.41) is 27.4. The normalized spacial score (nSPS) is 22.6. The molecule has 3 unspecified atom stereocenters. The van der Waals surface area contributed by atoms with Crippen LogP contribution in [0.2, 0.25) is 0 Å². The van der Waals surface area contributed by atoms with Crippen molar-refractivity contribution in [2.75, 3.05) is 140 Å². The van der Waals surface area contributed by atoms with Gasteiger partial charge in [0.2, 0.25) is 0 Å². The van der Waals surface area contributed by atoms with Gasteiger partial charge in [0.1, 0.15) is 32.9 Å². The maximum atomic E-state index is 12.3. The molecule has 32 heteroatoms. The van der Waals surface area contributed by atoms with Gasteiger partial charge < -0.3 is 48.3 Å². The van der Waals surface area contributed by atoms with E-state index in [2.05, 4.69) is 83.7 Å². The number of likely N-dealkylation sites (N-methyl/N-ethyl adjacent to an activating group) is 2. The predicted molar refractivity (Wildman–Crippen MR) is 275 cm³/mol. The van der Waals surface area contributed by atoms with Crippen LogP contribution in [-0.4, -0.2) is 173 Å². The van der Waals surface area contributed by atoms with E-state index in [1.807, 2.05) is 33.1 Å². The maximum Gasteiger partial charge on any atom is 0.474 e. The van der Waals surface area contributed by atoms with Gasteiger partial charge >= 0.3 is 28.7 Å². The lowest BCUT2D eigenvalue weighted by Gasteiger charge is -2.45. The second-order valence-electron chi connectivity index (χ2n) is 16.1. The van der Waals surface area contributed by atoms with Gasteiger partial charge in [-0.3, -0.25) is 40.8 Å².